The number of benzene rings is 2. The summed E-state index contributed by atoms with van der Waals surface area (Å²) in [5.41, 5.74) is -0.454. The van der Waals surface area contributed by atoms with Gasteiger partial charge in [-0.2, -0.15) is 0 Å². The van der Waals surface area contributed by atoms with Crippen LogP contribution in [-0.2, 0) is 6.61 Å². The van der Waals surface area contributed by atoms with Gasteiger partial charge in [0.15, 0.2) is 0 Å². The first kappa shape index (κ1) is 20.1. The van der Waals surface area contributed by atoms with E-state index in [0.29, 0.717) is 5.56 Å². The molecule has 0 spiro atoms. The molecule has 3 aromatic rings. The van der Waals surface area contributed by atoms with Gasteiger partial charge in [0.1, 0.15) is 45.8 Å². The summed E-state index contributed by atoms with van der Waals surface area (Å²) in [6.45, 7) is 2.86. The monoisotopic (exact) mass is 455 g/mol. The molecule has 0 bridgehead atoms. The maximum atomic E-state index is 14.2. The Morgan fingerprint density at radius 3 is 2.25 bits per heavy atom. The van der Waals surface area contributed by atoms with E-state index in [4.69, 9.17) is 4.74 Å². The van der Waals surface area contributed by atoms with Crippen molar-refractivity contribution in [1.29, 1.82) is 0 Å². The molecule has 3 rings (SSSR count). The summed E-state index contributed by atoms with van der Waals surface area (Å²) in [7, 11) is 0. The van der Waals surface area contributed by atoms with Crippen LogP contribution in [0.1, 0.15) is 16.8 Å². The third kappa shape index (κ3) is 3.56. The first-order valence-electron chi connectivity index (χ1n) is 8.15. The van der Waals surface area contributed by atoms with Gasteiger partial charge in [-0.1, -0.05) is 6.07 Å². The largest absolute Gasteiger partial charge is 0.487 e. The van der Waals surface area contributed by atoms with Crippen molar-refractivity contribution >= 4 is 15.9 Å². The quantitative estimate of drug-likeness (QED) is 0.496. The number of ether oxygens (including phenoxy) is 1. The van der Waals surface area contributed by atoms with Gasteiger partial charge in [0.2, 0.25) is 0 Å². The maximum absolute atomic E-state index is 14.2. The van der Waals surface area contributed by atoms with E-state index in [2.05, 4.69) is 15.9 Å². The Balaban J connectivity index is 2.07. The standard InChI is InChI=1S/C20H14BrF4NO2/c1-10-11(2)26(18-14(23)4-3-5-15(18)24)20(27)17(21)19(10)28-9-12-6-7-13(22)8-16(12)25/h3-8H,9H2,1-2H3. The summed E-state index contributed by atoms with van der Waals surface area (Å²) >= 11 is 3.11. The molecule has 1 heterocycles. The smallest absolute Gasteiger partial charge is 0.273 e. The highest BCUT2D eigenvalue weighted by molar-refractivity contribution is 9.10. The molecule has 0 N–H and O–H groups in total. The molecule has 0 amide bonds. The van der Waals surface area contributed by atoms with Crippen LogP contribution in [0, 0.1) is 37.1 Å². The zero-order valence-corrected chi connectivity index (χ0v) is 16.4. The Morgan fingerprint density at radius 1 is 1.00 bits per heavy atom. The molecule has 146 valence electrons. The second kappa shape index (κ2) is 7.79. The van der Waals surface area contributed by atoms with Gasteiger partial charge in [-0.15, -0.1) is 0 Å². The normalized spacial score (nSPS) is 11.0. The Hall–Kier alpha value is -2.61. The minimum absolute atomic E-state index is 0.0687. The lowest BCUT2D eigenvalue weighted by atomic mass is 10.1. The van der Waals surface area contributed by atoms with E-state index >= 15 is 0 Å². The fraction of sp³-hybridized carbons (Fsp3) is 0.150. The lowest BCUT2D eigenvalue weighted by Gasteiger charge is -2.19. The number of nitrogens with zero attached hydrogens (tertiary/aromatic N) is 1. The zero-order chi connectivity index (χ0) is 20.6. The molecule has 8 heteroatoms. The van der Waals surface area contributed by atoms with E-state index in [9.17, 15) is 22.4 Å². The molecule has 0 fully saturated rings. The minimum atomic E-state index is -0.890. The number of hydrogen-bond acceptors (Lipinski definition) is 2. The molecule has 0 saturated carbocycles. The Morgan fingerprint density at radius 2 is 1.64 bits per heavy atom. The van der Waals surface area contributed by atoms with E-state index in [1.807, 2.05) is 0 Å². The van der Waals surface area contributed by atoms with E-state index in [0.717, 1.165) is 28.8 Å². The molecule has 0 aliphatic heterocycles. The number of aromatic nitrogens is 1. The van der Waals surface area contributed by atoms with Crippen molar-refractivity contribution < 1.29 is 22.3 Å². The summed E-state index contributed by atoms with van der Waals surface area (Å²) in [4.78, 5) is 12.8. The molecule has 0 radical (unpaired) electrons. The van der Waals surface area contributed by atoms with Gasteiger partial charge in [0.05, 0.1) is 0 Å². The molecule has 0 aliphatic carbocycles. The predicted molar refractivity (Wildman–Crippen MR) is 99.8 cm³/mol. The maximum Gasteiger partial charge on any atom is 0.273 e. The minimum Gasteiger partial charge on any atom is -0.487 e. The fourth-order valence-corrected chi connectivity index (χ4v) is 3.37. The summed E-state index contributed by atoms with van der Waals surface area (Å²) in [6.07, 6.45) is 0. The summed E-state index contributed by atoms with van der Waals surface area (Å²) in [5, 5.41) is 0. The third-order valence-electron chi connectivity index (χ3n) is 4.36. The van der Waals surface area contributed by atoms with E-state index in [1.165, 1.54) is 19.1 Å². The average Bonchev–Trinajstić information content (AvgIpc) is 2.64. The molecular weight excluding hydrogens is 442 g/mol. The first-order valence-corrected chi connectivity index (χ1v) is 8.94. The lowest BCUT2D eigenvalue weighted by molar-refractivity contribution is 0.294. The highest BCUT2D eigenvalue weighted by Crippen LogP contribution is 2.31. The molecule has 28 heavy (non-hydrogen) atoms. The van der Waals surface area contributed by atoms with Crippen LogP contribution in [0.25, 0.3) is 5.69 Å². The van der Waals surface area contributed by atoms with Gasteiger partial charge in [-0.25, -0.2) is 17.6 Å². The van der Waals surface area contributed by atoms with Crippen molar-refractivity contribution in [3.63, 3.8) is 0 Å². The van der Waals surface area contributed by atoms with Crippen molar-refractivity contribution in [2.75, 3.05) is 0 Å². The van der Waals surface area contributed by atoms with Crippen LogP contribution in [0.2, 0.25) is 0 Å². The molecular formula is C20H14BrF4NO2. The fourth-order valence-electron chi connectivity index (χ4n) is 2.78. The SMILES string of the molecule is Cc1c(OCc2ccc(F)cc2F)c(Br)c(=O)n(-c2c(F)cccc2F)c1C. The zero-order valence-electron chi connectivity index (χ0n) is 14.8. The van der Waals surface area contributed by atoms with Gasteiger partial charge in [-0.05, 0) is 54.0 Å². The number of rotatable bonds is 4. The van der Waals surface area contributed by atoms with Crippen LogP contribution in [0.15, 0.2) is 45.7 Å². The van der Waals surface area contributed by atoms with Crippen molar-refractivity contribution in [3.05, 3.63) is 91.3 Å². The van der Waals surface area contributed by atoms with Gasteiger partial charge < -0.3 is 4.74 Å². The Labute approximate surface area is 166 Å². The van der Waals surface area contributed by atoms with Crippen LogP contribution in [0.3, 0.4) is 0 Å². The van der Waals surface area contributed by atoms with Crippen molar-refractivity contribution in [3.8, 4) is 11.4 Å². The van der Waals surface area contributed by atoms with Crippen LogP contribution in [0.4, 0.5) is 17.6 Å². The molecule has 3 nitrogen and oxygen atoms in total. The number of hydrogen-bond donors (Lipinski definition) is 0. The van der Waals surface area contributed by atoms with Crippen LogP contribution >= 0.6 is 15.9 Å². The first-order chi connectivity index (χ1) is 13.2. The van der Waals surface area contributed by atoms with E-state index in [1.54, 1.807) is 6.92 Å². The second-order valence-corrected chi connectivity index (χ2v) is 6.88. The summed E-state index contributed by atoms with van der Waals surface area (Å²) in [6, 6.07) is 6.35. The van der Waals surface area contributed by atoms with Gasteiger partial charge in [0.25, 0.3) is 5.56 Å². The lowest BCUT2D eigenvalue weighted by Crippen LogP contribution is -2.25. The topological polar surface area (TPSA) is 31.2 Å². The van der Waals surface area contributed by atoms with Gasteiger partial charge >= 0.3 is 0 Å². The van der Waals surface area contributed by atoms with Crippen LogP contribution in [-0.4, -0.2) is 4.57 Å². The van der Waals surface area contributed by atoms with Crippen LogP contribution < -0.4 is 10.3 Å². The Kier molecular flexibility index (Phi) is 5.60. The summed E-state index contributed by atoms with van der Waals surface area (Å²) in [5.74, 6) is -3.17. The van der Waals surface area contributed by atoms with Crippen molar-refractivity contribution in [2.45, 2.75) is 20.5 Å². The van der Waals surface area contributed by atoms with Gasteiger partial charge in [0, 0.05) is 22.9 Å². The molecule has 0 saturated heterocycles. The molecule has 2 aromatic carbocycles. The summed E-state index contributed by atoms with van der Waals surface area (Å²) < 4.78 is 61.6. The number of halogens is 5. The predicted octanol–water partition coefficient (Wildman–Crippen LogP) is 5.35. The molecule has 0 atom stereocenters. The number of para-hydroxylation sites is 1. The molecule has 0 aliphatic rings. The highest BCUT2D eigenvalue weighted by atomic mass is 79.9. The Bertz CT molecular complexity index is 1110. The van der Waals surface area contributed by atoms with Gasteiger partial charge in [-0.3, -0.25) is 9.36 Å². The van der Waals surface area contributed by atoms with Crippen molar-refractivity contribution in [2.24, 2.45) is 0 Å². The molecule has 1 aromatic heterocycles. The second-order valence-electron chi connectivity index (χ2n) is 6.09. The number of pyridine rings is 1. The van der Waals surface area contributed by atoms with E-state index < -0.39 is 34.5 Å². The average molecular weight is 456 g/mol. The molecule has 0 unspecified atom stereocenters. The van der Waals surface area contributed by atoms with Crippen LogP contribution in [0.5, 0.6) is 5.75 Å². The third-order valence-corrected chi connectivity index (χ3v) is 5.06. The van der Waals surface area contributed by atoms with E-state index in [-0.39, 0.29) is 28.1 Å². The van der Waals surface area contributed by atoms with Crippen molar-refractivity contribution in [1.82, 2.24) is 4.57 Å². The highest BCUT2D eigenvalue weighted by Gasteiger charge is 2.22.